The smallest absolute Gasteiger partial charge is 0.234 e. The van der Waals surface area contributed by atoms with Crippen LogP contribution in [0.4, 0.5) is 0 Å². The third-order valence-corrected chi connectivity index (χ3v) is 3.43. The number of amides is 1. The van der Waals surface area contributed by atoms with Gasteiger partial charge in [-0.2, -0.15) is 0 Å². The maximum absolute atomic E-state index is 12.3. The predicted molar refractivity (Wildman–Crippen MR) is 80.7 cm³/mol. The number of carbonyl (C=O) groups is 2. The Morgan fingerprint density at radius 2 is 2.05 bits per heavy atom. The van der Waals surface area contributed by atoms with Crippen molar-refractivity contribution < 1.29 is 14.3 Å². The van der Waals surface area contributed by atoms with Crippen LogP contribution in [-0.2, 0) is 4.79 Å². The van der Waals surface area contributed by atoms with Gasteiger partial charge in [0.05, 0.1) is 25.8 Å². The van der Waals surface area contributed by atoms with E-state index in [1.807, 2.05) is 19.1 Å². The Kier molecular flexibility index (Phi) is 4.96. The molecule has 0 bridgehead atoms. The lowest BCUT2D eigenvalue weighted by Crippen LogP contribution is -2.38. The number of carbonyl (C=O) groups excluding carboxylic acids is 2. The third kappa shape index (κ3) is 4.56. The molecular weight excluding hydrogens is 268 g/mol. The van der Waals surface area contributed by atoms with Crippen molar-refractivity contribution in [2.45, 2.75) is 25.8 Å². The second-order valence-electron chi connectivity index (χ2n) is 5.64. The van der Waals surface area contributed by atoms with E-state index in [1.165, 1.54) is 0 Å². The quantitative estimate of drug-likeness (QED) is 0.771. The van der Waals surface area contributed by atoms with Crippen LogP contribution in [0.3, 0.4) is 0 Å². The highest BCUT2D eigenvalue weighted by atomic mass is 16.5. The van der Waals surface area contributed by atoms with Crippen molar-refractivity contribution in [3.05, 3.63) is 29.3 Å². The number of nitrogens with one attached hydrogen (secondary N) is 1. The van der Waals surface area contributed by atoms with E-state index in [0.717, 1.165) is 18.4 Å². The molecule has 2 rings (SSSR count). The first-order valence-electron chi connectivity index (χ1n) is 7.15. The van der Waals surface area contributed by atoms with Crippen LogP contribution in [0.1, 0.15) is 28.8 Å². The summed E-state index contributed by atoms with van der Waals surface area (Å²) < 4.78 is 5.25. The first-order valence-corrected chi connectivity index (χ1v) is 7.15. The summed E-state index contributed by atoms with van der Waals surface area (Å²) in [4.78, 5) is 25.7. The lowest BCUT2D eigenvalue weighted by atomic mass is 10.1. The molecule has 0 unspecified atom stereocenters. The van der Waals surface area contributed by atoms with Crippen molar-refractivity contribution in [3.63, 3.8) is 0 Å². The molecule has 1 amide bonds. The number of ether oxygens (including phenoxy) is 1. The van der Waals surface area contributed by atoms with Gasteiger partial charge in [-0.1, -0.05) is 6.07 Å². The highest BCUT2D eigenvalue weighted by Crippen LogP contribution is 2.21. The van der Waals surface area contributed by atoms with E-state index >= 15 is 0 Å². The molecule has 5 nitrogen and oxygen atoms in total. The van der Waals surface area contributed by atoms with E-state index in [9.17, 15) is 9.59 Å². The van der Waals surface area contributed by atoms with Gasteiger partial charge in [0.15, 0.2) is 5.78 Å². The average Bonchev–Trinajstić information content (AvgIpc) is 3.21. The van der Waals surface area contributed by atoms with Crippen LogP contribution < -0.4 is 10.1 Å². The zero-order valence-electron chi connectivity index (χ0n) is 12.8. The summed E-state index contributed by atoms with van der Waals surface area (Å²) in [6.07, 6.45) is 2.13. The molecule has 1 N–H and O–H groups in total. The number of benzene rings is 1. The summed E-state index contributed by atoms with van der Waals surface area (Å²) >= 11 is 0. The zero-order chi connectivity index (χ0) is 15.4. The number of hydrogen-bond donors (Lipinski definition) is 1. The molecule has 0 heterocycles. The van der Waals surface area contributed by atoms with Gasteiger partial charge < -0.3 is 10.1 Å². The molecule has 1 saturated carbocycles. The Hall–Kier alpha value is -1.88. The van der Waals surface area contributed by atoms with Crippen LogP contribution >= 0.6 is 0 Å². The molecule has 0 atom stereocenters. The lowest BCUT2D eigenvalue weighted by molar-refractivity contribution is -0.121. The molecule has 0 spiro atoms. The Morgan fingerprint density at radius 3 is 2.67 bits per heavy atom. The minimum absolute atomic E-state index is 0.0244. The monoisotopic (exact) mass is 290 g/mol. The van der Waals surface area contributed by atoms with Crippen molar-refractivity contribution in [2.75, 3.05) is 27.2 Å². The first-order chi connectivity index (χ1) is 9.99. The highest BCUT2D eigenvalue weighted by molar-refractivity contribution is 6.00. The fraction of sp³-hybridized carbons (Fsp3) is 0.500. The summed E-state index contributed by atoms with van der Waals surface area (Å²) in [5.74, 6) is 0.507. The molecule has 0 aromatic heterocycles. The molecule has 1 aliphatic rings. The van der Waals surface area contributed by atoms with E-state index in [1.54, 1.807) is 25.1 Å². The highest BCUT2D eigenvalue weighted by Gasteiger charge is 2.24. The number of Topliss-reactive ketones (excluding diaryl/α,β-unsaturated/α-hetero) is 1. The van der Waals surface area contributed by atoms with Crippen LogP contribution in [-0.4, -0.2) is 49.9 Å². The van der Waals surface area contributed by atoms with E-state index in [0.29, 0.717) is 17.4 Å². The number of aryl methyl sites for hydroxylation is 1. The summed E-state index contributed by atoms with van der Waals surface area (Å²) in [7, 11) is 3.32. The molecule has 5 heteroatoms. The van der Waals surface area contributed by atoms with Crippen LogP contribution in [0.5, 0.6) is 5.75 Å². The molecule has 114 valence electrons. The molecule has 0 radical (unpaired) electrons. The number of rotatable bonds is 7. The molecule has 21 heavy (non-hydrogen) atoms. The van der Waals surface area contributed by atoms with Gasteiger partial charge in [0, 0.05) is 6.04 Å². The maximum Gasteiger partial charge on any atom is 0.234 e. The Balaban J connectivity index is 1.92. The number of methoxy groups -OCH3 is 1. The van der Waals surface area contributed by atoms with E-state index < -0.39 is 0 Å². The molecular formula is C16H22N2O3. The van der Waals surface area contributed by atoms with Crippen molar-refractivity contribution in [2.24, 2.45) is 0 Å². The van der Waals surface area contributed by atoms with Gasteiger partial charge >= 0.3 is 0 Å². The van der Waals surface area contributed by atoms with E-state index in [2.05, 4.69) is 5.32 Å². The zero-order valence-corrected chi connectivity index (χ0v) is 12.8. The largest absolute Gasteiger partial charge is 0.496 e. The second kappa shape index (κ2) is 6.72. The number of ketones is 1. The van der Waals surface area contributed by atoms with Gasteiger partial charge in [-0.3, -0.25) is 14.5 Å². The summed E-state index contributed by atoms with van der Waals surface area (Å²) in [5.41, 5.74) is 1.60. The van der Waals surface area contributed by atoms with Gasteiger partial charge in [-0.05, 0) is 44.5 Å². The number of likely N-dealkylation sites (N-methyl/N-ethyl adjacent to an activating group) is 1. The van der Waals surface area contributed by atoms with E-state index in [4.69, 9.17) is 4.74 Å². The standard InChI is InChI=1S/C16H22N2O3/c1-11-4-7-13(15(8-11)21-3)14(19)9-18(2)10-16(20)17-12-5-6-12/h4,7-8,12H,5-6,9-10H2,1-3H3,(H,17,20). The average molecular weight is 290 g/mol. The molecule has 1 aromatic rings. The van der Waals surface area contributed by atoms with Crippen molar-refractivity contribution >= 4 is 11.7 Å². The fourth-order valence-corrected chi connectivity index (χ4v) is 2.16. The van der Waals surface area contributed by atoms with Gasteiger partial charge in [0.2, 0.25) is 5.91 Å². The van der Waals surface area contributed by atoms with Gasteiger partial charge in [0.25, 0.3) is 0 Å². The van der Waals surface area contributed by atoms with Crippen molar-refractivity contribution in [3.8, 4) is 5.75 Å². The lowest BCUT2D eigenvalue weighted by Gasteiger charge is -2.16. The van der Waals surface area contributed by atoms with Crippen molar-refractivity contribution in [1.82, 2.24) is 10.2 Å². The Bertz CT molecular complexity index is 538. The third-order valence-electron chi connectivity index (χ3n) is 3.43. The fourth-order valence-electron chi connectivity index (χ4n) is 2.16. The summed E-state index contributed by atoms with van der Waals surface area (Å²) in [5, 5.41) is 2.91. The molecule has 0 saturated heterocycles. The Labute approximate surface area is 125 Å². The predicted octanol–water partition coefficient (Wildman–Crippen LogP) is 1.40. The molecule has 0 aliphatic heterocycles. The first kappa shape index (κ1) is 15.5. The molecule has 1 aliphatic carbocycles. The summed E-state index contributed by atoms with van der Waals surface area (Å²) in [6, 6.07) is 5.84. The Morgan fingerprint density at radius 1 is 1.33 bits per heavy atom. The van der Waals surface area contributed by atoms with Crippen LogP contribution in [0.2, 0.25) is 0 Å². The summed E-state index contributed by atoms with van der Waals surface area (Å²) in [6.45, 7) is 2.37. The number of hydrogen-bond acceptors (Lipinski definition) is 4. The minimum atomic E-state index is -0.0476. The molecule has 1 fully saturated rings. The minimum Gasteiger partial charge on any atom is -0.496 e. The van der Waals surface area contributed by atoms with E-state index in [-0.39, 0.29) is 24.8 Å². The van der Waals surface area contributed by atoms with Crippen molar-refractivity contribution in [1.29, 1.82) is 0 Å². The van der Waals surface area contributed by atoms with Crippen LogP contribution in [0.15, 0.2) is 18.2 Å². The SMILES string of the molecule is COc1cc(C)ccc1C(=O)CN(C)CC(=O)NC1CC1. The second-order valence-corrected chi connectivity index (χ2v) is 5.64. The topological polar surface area (TPSA) is 58.6 Å². The normalized spacial score (nSPS) is 14.1. The number of nitrogens with zero attached hydrogens (tertiary/aromatic N) is 1. The van der Waals surface area contributed by atoms with Gasteiger partial charge in [-0.25, -0.2) is 0 Å². The molecule has 1 aromatic carbocycles. The van der Waals surface area contributed by atoms with Crippen LogP contribution in [0.25, 0.3) is 0 Å². The van der Waals surface area contributed by atoms with Gasteiger partial charge in [0.1, 0.15) is 5.75 Å². The van der Waals surface area contributed by atoms with Gasteiger partial charge in [-0.15, -0.1) is 0 Å². The maximum atomic E-state index is 12.3. The van der Waals surface area contributed by atoms with Crippen LogP contribution in [0, 0.1) is 6.92 Å².